The van der Waals surface area contributed by atoms with Crippen molar-refractivity contribution in [2.24, 2.45) is 0 Å². The number of hydrogen-bond donors (Lipinski definition) is 2. The van der Waals surface area contributed by atoms with Gasteiger partial charge in [0.05, 0.1) is 12.3 Å². The third-order valence-electron chi connectivity index (χ3n) is 3.22. The van der Waals surface area contributed by atoms with Crippen LogP contribution < -0.4 is 11.1 Å². The lowest BCUT2D eigenvalue weighted by molar-refractivity contribution is 0.0278. The second-order valence-electron chi connectivity index (χ2n) is 4.93. The van der Waals surface area contributed by atoms with E-state index in [1.165, 1.54) is 6.07 Å². The maximum atomic E-state index is 13.3. The summed E-state index contributed by atoms with van der Waals surface area (Å²) in [6, 6.07) is 4.93. The van der Waals surface area contributed by atoms with Crippen LogP contribution in [0.25, 0.3) is 0 Å². The Balaban J connectivity index is 1.94. The number of anilines is 1. The van der Waals surface area contributed by atoms with E-state index in [0.717, 1.165) is 25.0 Å². The van der Waals surface area contributed by atoms with E-state index < -0.39 is 0 Å². The number of ether oxygens (including phenoxy) is 1. The zero-order valence-corrected chi connectivity index (χ0v) is 10.1. The summed E-state index contributed by atoms with van der Waals surface area (Å²) in [5, 5.41) is 3.43. The van der Waals surface area contributed by atoms with Crippen LogP contribution >= 0.6 is 0 Å². The summed E-state index contributed by atoms with van der Waals surface area (Å²) in [6.07, 6.45) is 2.16. The summed E-state index contributed by atoms with van der Waals surface area (Å²) in [5.41, 5.74) is 6.54. The van der Waals surface area contributed by atoms with Crippen molar-refractivity contribution in [1.29, 1.82) is 0 Å². The largest absolute Gasteiger partial charge is 0.396 e. The molecule has 1 fully saturated rings. The molecule has 0 radical (unpaired) electrons. The van der Waals surface area contributed by atoms with Gasteiger partial charge in [-0.25, -0.2) is 4.39 Å². The molecule has 1 aliphatic rings. The Bertz CT molecular complexity index is 389. The number of nitrogens with two attached hydrogens (primary N) is 1. The molecule has 1 atom stereocenters. The monoisotopic (exact) mass is 238 g/mol. The molecule has 17 heavy (non-hydrogen) atoms. The normalized spacial score (nSPS) is 24.8. The van der Waals surface area contributed by atoms with Crippen molar-refractivity contribution < 1.29 is 9.13 Å². The molecule has 0 bridgehead atoms. The Morgan fingerprint density at radius 1 is 1.53 bits per heavy atom. The number of hydrogen-bond acceptors (Lipinski definition) is 3. The molecule has 1 saturated heterocycles. The molecule has 3 nitrogen and oxygen atoms in total. The lowest BCUT2D eigenvalue weighted by Gasteiger charge is -2.34. The van der Waals surface area contributed by atoms with Gasteiger partial charge in [0.25, 0.3) is 0 Å². The Morgan fingerprint density at radius 2 is 2.35 bits per heavy atom. The molecule has 1 heterocycles. The third kappa shape index (κ3) is 3.17. The molecule has 1 aromatic rings. The molecule has 0 amide bonds. The maximum absolute atomic E-state index is 13.3. The molecular weight excluding hydrogens is 219 g/mol. The average Bonchev–Trinajstić information content (AvgIpc) is 2.32. The summed E-state index contributed by atoms with van der Waals surface area (Å²) in [6.45, 7) is 4.33. The molecule has 1 unspecified atom stereocenters. The number of rotatable bonds is 3. The van der Waals surface area contributed by atoms with Crippen LogP contribution in [0.1, 0.15) is 25.3 Å². The first-order valence-electron chi connectivity index (χ1n) is 5.96. The van der Waals surface area contributed by atoms with Gasteiger partial charge in [-0.05, 0) is 37.5 Å². The number of nitrogens with one attached hydrogen (secondary N) is 1. The van der Waals surface area contributed by atoms with Crippen molar-refractivity contribution in [1.82, 2.24) is 5.32 Å². The highest BCUT2D eigenvalue weighted by Crippen LogP contribution is 2.19. The minimum absolute atomic E-state index is 0.00386. The summed E-state index contributed by atoms with van der Waals surface area (Å²) in [5.74, 6) is -0.352. The molecular formula is C13H19FN2O. The van der Waals surface area contributed by atoms with Crippen molar-refractivity contribution in [2.45, 2.75) is 31.8 Å². The average molecular weight is 238 g/mol. The minimum Gasteiger partial charge on any atom is -0.396 e. The fourth-order valence-electron chi connectivity index (χ4n) is 2.07. The Hall–Kier alpha value is -1.13. The molecule has 0 aromatic heterocycles. The first-order valence-corrected chi connectivity index (χ1v) is 5.96. The fourth-order valence-corrected chi connectivity index (χ4v) is 2.07. The van der Waals surface area contributed by atoms with E-state index in [0.29, 0.717) is 13.2 Å². The third-order valence-corrected chi connectivity index (χ3v) is 3.22. The molecule has 0 spiro atoms. The van der Waals surface area contributed by atoms with Crippen molar-refractivity contribution in [3.8, 4) is 0 Å². The van der Waals surface area contributed by atoms with Gasteiger partial charge in [-0.3, -0.25) is 0 Å². The van der Waals surface area contributed by atoms with Gasteiger partial charge in [0.2, 0.25) is 0 Å². The zero-order chi connectivity index (χ0) is 12.3. The van der Waals surface area contributed by atoms with Gasteiger partial charge in [-0.2, -0.15) is 0 Å². The second-order valence-corrected chi connectivity index (χ2v) is 4.93. The number of benzene rings is 1. The summed E-state index contributed by atoms with van der Waals surface area (Å²) >= 11 is 0. The van der Waals surface area contributed by atoms with E-state index in [9.17, 15) is 4.39 Å². The number of halogens is 1. The van der Waals surface area contributed by atoms with Crippen molar-refractivity contribution in [3.63, 3.8) is 0 Å². The molecule has 1 aliphatic heterocycles. The molecule has 4 heteroatoms. The van der Waals surface area contributed by atoms with Gasteiger partial charge in [0, 0.05) is 18.7 Å². The van der Waals surface area contributed by atoms with Crippen LogP contribution in [0, 0.1) is 5.82 Å². The summed E-state index contributed by atoms with van der Waals surface area (Å²) in [7, 11) is 0. The van der Waals surface area contributed by atoms with Gasteiger partial charge < -0.3 is 15.8 Å². The highest BCUT2D eigenvalue weighted by molar-refractivity contribution is 5.41. The molecule has 0 aliphatic carbocycles. The Kier molecular flexibility index (Phi) is 3.64. The minimum atomic E-state index is -0.352. The predicted octanol–water partition coefficient (Wildman–Crippen LogP) is 2.07. The van der Waals surface area contributed by atoms with E-state index >= 15 is 0 Å². The lowest BCUT2D eigenvalue weighted by Crippen LogP contribution is -2.48. The van der Waals surface area contributed by atoms with Crippen LogP contribution in [0.3, 0.4) is 0 Å². The second kappa shape index (κ2) is 5.02. The lowest BCUT2D eigenvalue weighted by atomic mass is 9.94. The maximum Gasteiger partial charge on any atom is 0.146 e. The molecule has 3 N–H and O–H groups in total. The van der Waals surface area contributed by atoms with E-state index in [-0.39, 0.29) is 17.0 Å². The number of nitrogen functional groups attached to an aromatic ring is 1. The molecule has 94 valence electrons. The van der Waals surface area contributed by atoms with E-state index in [1.54, 1.807) is 6.07 Å². The SMILES string of the molecule is CC1(NCc2ccc(N)c(F)c2)CCCOC1. The smallest absolute Gasteiger partial charge is 0.146 e. The van der Waals surface area contributed by atoms with E-state index in [4.69, 9.17) is 10.5 Å². The Morgan fingerprint density at radius 3 is 3.00 bits per heavy atom. The first-order chi connectivity index (χ1) is 8.09. The van der Waals surface area contributed by atoms with Gasteiger partial charge >= 0.3 is 0 Å². The molecule has 1 aromatic carbocycles. The van der Waals surface area contributed by atoms with Crippen molar-refractivity contribution in [2.75, 3.05) is 18.9 Å². The van der Waals surface area contributed by atoms with Crippen LogP contribution in [0.2, 0.25) is 0 Å². The van der Waals surface area contributed by atoms with Crippen LogP contribution in [0.4, 0.5) is 10.1 Å². The topological polar surface area (TPSA) is 47.3 Å². The zero-order valence-electron chi connectivity index (χ0n) is 10.1. The van der Waals surface area contributed by atoms with Crippen molar-refractivity contribution >= 4 is 5.69 Å². The van der Waals surface area contributed by atoms with Gasteiger partial charge in [0.15, 0.2) is 0 Å². The van der Waals surface area contributed by atoms with Gasteiger partial charge in [0.1, 0.15) is 5.82 Å². The van der Waals surface area contributed by atoms with E-state index in [2.05, 4.69) is 12.2 Å². The first kappa shape index (κ1) is 12.3. The van der Waals surface area contributed by atoms with Gasteiger partial charge in [-0.15, -0.1) is 0 Å². The summed E-state index contributed by atoms with van der Waals surface area (Å²) < 4.78 is 18.7. The fraction of sp³-hybridized carbons (Fsp3) is 0.538. The standard InChI is InChI=1S/C13H19FN2O/c1-13(5-2-6-17-9-13)16-8-10-3-4-12(15)11(14)7-10/h3-4,7,16H,2,5-6,8-9,15H2,1H3. The summed E-state index contributed by atoms with van der Waals surface area (Å²) in [4.78, 5) is 0. The molecule has 2 rings (SSSR count). The highest BCUT2D eigenvalue weighted by Gasteiger charge is 2.26. The predicted molar refractivity (Wildman–Crippen MR) is 66.1 cm³/mol. The van der Waals surface area contributed by atoms with Crippen LogP contribution in [0.15, 0.2) is 18.2 Å². The Labute approximate surface area is 101 Å². The van der Waals surface area contributed by atoms with Crippen LogP contribution in [-0.2, 0) is 11.3 Å². The highest BCUT2D eigenvalue weighted by atomic mass is 19.1. The van der Waals surface area contributed by atoms with E-state index in [1.807, 2.05) is 6.07 Å². The van der Waals surface area contributed by atoms with Gasteiger partial charge in [-0.1, -0.05) is 6.07 Å². The van der Waals surface area contributed by atoms with Crippen molar-refractivity contribution in [3.05, 3.63) is 29.6 Å². The van der Waals surface area contributed by atoms with Crippen LogP contribution in [0.5, 0.6) is 0 Å². The van der Waals surface area contributed by atoms with Crippen LogP contribution in [-0.4, -0.2) is 18.8 Å². The molecule has 0 saturated carbocycles. The quantitative estimate of drug-likeness (QED) is 0.792.